The van der Waals surface area contributed by atoms with E-state index in [1.807, 2.05) is 12.1 Å². The van der Waals surface area contributed by atoms with E-state index in [9.17, 15) is 53.3 Å². The number of nitriles is 5. The monoisotopic (exact) mass is 1230 g/mol. The van der Waals surface area contributed by atoms with E-state index in [0.29, 0.717) is 74.9 Å². The quantitative estimate of drug-likeness (QED) is 0.0944. The summed E-state index contributed by atoms with van der Waals surface area (Å²) in [7, 11) is 1.25. The van der Waals surface area contributed by atoms with E-state index >= 15 is 0 Å². The molecule has 0 saturated heterocycles. The molecule has 416 valence electrons. The number of aliphatic hydroxyl groups excluding tert-OH is 1. The van der Waals surface area contributed by atoms with Gasteiger partial charge in [-0.15, -0.1) is 0 Å². The van der Waals surface area contributed by atoms with E-state index in [0.717, 1.165) is 16.7 Å². The van der Waals surface area contributed by atoms with Crippen molar-refractivity contribution in [1.29, 1.82) is 26.3 Å². The molecule has 3 fully saturated rings. The number of hydrogen-bond donors (Lipinski definition) is 1. The van der Waals surface area contributed by atoms with Gasteiger partial charge >= 0.3 is 5.97 Å². The topological polar surface area (TPSA) is 247 Å². The number of rotatable bonds is 6. The Labute approximate surface area is 489 Å². The lowest BCUT2D eigenvalue weighted by atomic mass is 9.70. The summed E-state index contributed by atoms with van der Waals surface area (Å²) < 4.78 is 57.8. The third-order valence-electron chi connectivity index (χ3n) is 14.4. The van der Waals surface area contributed by atoms with Crippen molar-refractivity contribution in [2.24, 2.45) is 0 Å². The van der Waals surface area contributed by atoms with Crippen LogP contribution in [0.15, 0.2) is 108 Å². The zero-order chi connectivity index (χ0) is 58.8. The number of alkyl halides is 4. The summed E-state index contributed by atoms with van der Waals surface area (Å²) in [5.74, 6) is -5.63. The molecule has 5 aromatic heterocycles. The van der Waals surface area contributed by atoms with Gasteiger partial charge in [-0.25, -0.2) is 47.3 Å². The van der Waals surface area contributed by atoms with Crippen molar-refractivity contribution < 1.29 is 37.0 Å². The van der Waals surface area contributed by atoms with E-state index in [4.69, 9.17) is 51.7 Å². The fourth-order valence-corrected chi connectivity index (χ4v) is 10.0. The third-order valence-corrected chi connectivity index (χ3v) is 15.8. The number of allylic oxidation sites excluding steroid dienone is 1. The largest absolute Gasteiger partial charge is 0.512 e. The summed E-state index contributed by atoms with van der Waals surface area (Å²) in [6.45, 7) is 0. The van der Waals surface area contributed by atoms with Gasteiger partial charge in [-0.05, 0) is 119 Å². The first-order chi connectivity index (χ1) is 38.0. The smallest absolute Gasteiger partial charge is 0.337 e. The molecular weight excluding hydrogens is 1190 g/mol. The maximum Gasteiger partial charge on any atom is 0.337 e. The highest BCUT2D eigenvalue weighted by Gasteiger charge is 2.46. The number of carbonyl (C=O) groups excluding carboxylic acids is 2. The zero-order valence-electron chi connectivity index (χ0n) is 43.0. The SMILES string of the molecule is COC(=O)C1=C(O)CCC(C#N)(c2ccc(Cl)nc2)C1.N#CC1(c2ccc(Br)nc2)CCC(F)(F)CC1.N#CC1(c2ccc(Cl)nc2)CCC(=O)CC1.N#CC1(c2ccc(Cl)nc2)CCC(F)(F)CC1.N#CCc1ccc(Cl)nc1. The molecule has 1 N–H and O–H groups in total. The Morgan fingerprint density at radius 3 is 1.25 bits per heavy atom. The second-order valence-electron chi connectivity index (χ2n) is 19.4. The normalized spacial score (nSPS) is 19.7. The number of Topliss-reactive ketones (excluding diaryl/α,β-unsaturated/α-hetero) is 1. The number of hydrogen-bond acceptors (Lipinski definition) is 14. The van der Waals surface area contributed by atoms with Gasteiger partial charge in [0, 0.05) is 82.4 Å². The summed E-state index contributed by atoms with van der Waals surface area (Å²) in [6, 6.07) is 28.1. The van der Waals surface area contributed by atoms with Gasteiger partial charge in [-0.3, -0.25) is 4.79 Å². The third kappa shape index (κ3) is 17.1. The van der Waals surface area contributed by atoms with Crippen LogP contribution in [0, 0.1) is 56.7 Å². The number of halogens is 9. The highest BCUT2D eigenvalue weighted by molar-refractivity contribution is 9.10. The number of esters is 1. The van der Waals surface area contributed by atoms with E-state index in [1.54, 1.807) is 73.2 Å². The van der Waals surface area contributed by atoms with Crippen LogP contribution in [0.4, 0.5) is 17.6 Å². The number of nitrogens with zero attached hydrogens (tertiary/aromatic N) is 10. The van der Waals surface area contributed by atoms with Gasteiger partial charge in [-0.2, -0.15) is 26.3 Å². The molecule has 9 rings (SSSR count). The Kier molecular flexibility index (Phi) is 22.9. The predicted octanol–water partition coefficient (Wildman–Crippen LogP) is 14.6. The Morgan fingerprint density at radius 1 is 0.550 bits per heavy atom. The molecule has 0 aromatic carbocycles. The number of ketones is 1. The summed E-state index contributed by atoms with van der Waals surface area (Å²) in [5.41, 5.74) is 0.930. The van der Waals surface area contributed by atoms with Gasteiger partial charge < -0.3 is 9.84 Å². The molecule has 1 unspecified atom stereocenters. The molecule has 0 amide bonds. The van der Waals surface area contributed by atoms with Crippen molar-refractivity contribution in [3.63, 3.8) is 0 Å². The van der Waals surface area contributed by atoms with E-state index in [2.05, 4.69) is 69.9 Å². The molecule has 5 heterocycles. The van der Waals surface area contributed by atoms with Crippen molar-refractivity contribution in [3.05, 3.63) is 156 Å². The van der Waals surface area contributed by atoms with Crippen LogP contribution in [-0.2, 0) is 42.4 Å². The molecule has 0 aliphatic heterocycles. The van der Waals surface area contributed by atoms with Gasteiger partial charge in [-0.1, -0.05) is 76.7 Å². The molecule has 1 atom stereocenters. The van der Waals surface area contributed by atoms with Crippen molar-refractivity contribution in [2.45, 2.75) is 136 Å². The molecule has 0 spiro atoms. The first-order valence-electron chi connectivity index (χ1n) is 24.8. The number of methoxy groups -OCH3 is 1. The molecular formula is C57H51BrCl4F4N10O4. The molecule has 3 saturated carbocycles. The predicted molar refractivity (Wildman–Crippen MR) is 293 cm³/mol. The average Bonchev–Trinajstić information content (AvgIpc) is 3.51. The number of carbonyl (C=O) groups is 2. The Bertz CT molecular complexity index is 3080. The Balaban J connectivity index is 0.000000186. The second kappa shape index (κ2) is 28.6. The number of aliphatic hydroxyl groups is 1. The molecule has 4 aliphatic carbocycles. The fraction of sp³-hybridized carbons (Fsp3) is 0.404. The van der Waals surface area contributed by atoms with Gasteiger partial charge in [0.1, 0.15) is 36.8 Å². The van der Waals surface area contributed by atoms with Crippen LogP contribution in [0.5, 0.6) is 0 Å². The summed E-state index contributed by atoms with van der Waals surface area (Å²) in [6.07, 6.45) is 11.0. The first-order valence-corrected chi connectivity index (χ1v) is 27.1. The van der Waals surface area contributed by atoms with Crippen LogP contribution in [0.2, 0.25) is 20.6 Å². The van der Waals surface area contributed by atoms with Crippen LogP contribution in [0.25, 0.3) is 0 Å². The Hall–Kier alpha value is -6.76. The maximum absolute atomic E-state index is 13.1. The minimum Gasteiger partial charge on any atom is -0.512 e. The van der Waals surface area contributed by atoms with Gasteiger partial charge in [0.05, 0.1) is 71.1 Å². The number of pyridine rings is 5. The average molecular weight is 1240 g/mol. The molecule has 14 nitrogen and oxygen atoms in total. The Morgan fingerprint density at radius 2 is 0.912 bits per heavy atom. The zero-order valence-corrected chi connectivity index (χ0v) is 47.6. The van der Waals surface area contributed by atoms with E-state index < -0.39 is 39.5 Å². The molecule has 5 aromatic rings. The minimum atomic E-state index is -2.64. The second-order valence-corrected chi connectivity index (χ2v) is 21.8. The number of aromatic nitrogens is 5. The lowest BCUT2D eigenvalue weighted by Crippen LogP contribution is -2.35. The molecule has 0 bridgehead atoms. The summed E-state index contributed by atoms with van der Waals surface area (Å²) in [4.78, 5) is 42.6. The lowest BCUT2D eigenvalue weighted by molar-refractivity contribution is -0.136. The van der Waals surface area contributed by atoms with Crippen LogP contribution in [-0.4, -0.2) is 60.7 Å². The molecule has 23 heteroatoms. The van der Waals surface area contributed by atoms with Crippen LogP contribution in [0.1, 0.15) is 124 Å². The van der Waals surface area contributed by atoms with E-state index in [-0.39, 0.29) is 81.3 Å². The highest BCUT2D eigenvalue weighted by Crippen LogP contribution is 2.47. The molecule has 0 radical (unpaired) electrons. The van der Waals surface area contributed by atoms with Crippen molar-refractivity contribution in [2.75, 3.05) is 7.11 Å². The highest BCUT2D eigenvalue weighted by atomic mass is 79.9. The fourth-order valence-electron chi connectivity index (χ4n) is 9.37. The van der Waals surface area contributed by atoms with Crippen molar-refractivity contribution >= 4 is 74.1 Å². The van der Waals surface area contributed by atoms with Crippen molar-refractivity contribution in [1.82, 2.24) is 24.9 Å². The van der Waals surface area contributed by atoms with E-state index in [1.165, 1.54) is 19.5 Å². The standard InChI is InChI=1S/C14H13ClN2O3.C12H11BrF2N2.C12H11ClF2N2.C12H11ClN2O.C7H5ClN2/c1-20-13(19)10-6-14(8-16,5-4-11(10)18)9-2-3-12(15)17-7-9;2*13-10-2-1-9(7-17-10)11(8-16)3-5-12(14,15)6-4-11;13-11-2-1-9(7-15-11)12(8-14)5-3-10(16)4-6-12;8-7-2-1-6(3-4-9)5-10-7/h2-3,7,18H,4-6H2,1H3;2*1-2,7H,3-6H2;1-2,7H,3-6H2;1-2,5H,3H2. The lowest BCUT2D eigenvalue weighted by Gasteiger charge is -2.34. The van der Waals surface area contributed by atoms with Crippen LogP contribution in [0.3, 0.4) is 0 Å². The van der Waals surface area contributed by atoms with Crippen LogP contribution < -0.4 is 0 Å². The number of ether oxygens (including phenoxy) is 1. The summed E-state index contributed by atoms with van der Waals surface area (Å²) in [5, 5.41) is 57.1. The van der Waals surface area contributed by atoms with Crippen LogP contribution >= 0.6 is 62.3 Å². The molecule has 80 heavy (non-hydrogen) atoms. The first kappa shape index (κ1) is 64.1. The van der Waals surface area contributed by atoms with Crippen molar-refractivity contribution in [3.8, 4) is 30.3 Å². The van der Waals surface area contributed by atoms with Gasteiger partial charge in [0.25, 0.3) is 0 Å². The summed E-state index contributed by atoms with van der Waals surface area (Å²) >= 11 is 25.9. The minimum absolute atomic E-state index is 0.00959. The maximum atomic E-state index is 13.1. The van der Waals surface area contributed by atoms with Gasteiger partial charge in [0.15, 0.2) is 0 Å². The molecule has 4 aliphatic rings. The van der Waals surface area contributed by atoms with Gasteiger partial charge in [0.2, 0.25) is 11.8 Å².